The molecule has 1 aromatic heterocycles. The molecule has 2 saturated heterocycles. The van der Waals surface area contributed by atoms with Crippen molar-refractivity contribution in [2.24, 2.45) is 5.92 Å². The number of amides is 1. The quantitative estimate of drug-likeness (QED) is 0.534. The highest BCUT2D eigenvalue weighted by molar-refractivity contribution is 5.79. The lowest BCUT2D eigenvalue weighted by Gasteiger charge is -2.39. The Morgan fingerprint density at radius 2 is 1.77 bits per heavy atom. The van der Waals surface area contributed by atoms with Gasteiger partial charge in [0.25, 0.3) is 0 Å². The second kappa shape index (κ2) is 10.0. The summed E-state index contributed by atoms with van der Waals surface area (Å²) in [6, 6.07) is 15.4. The number of rotatable bonds is 5. The number of fused-ring (bicyclic) bond motifs is 1. The highest BCUT2D eigenvalue weighted by Crippen LogP contribution is 2.26. The summed E-state index contributed by atoms with van der Waals surface area (Å²) >= 11 is 0. The molecule has 0 aliphatic carbocycles. The molecule has 6 nitrogen and oxygen atoms in total. The van der Waals surface area contributed by atoms with Crippen LogP contribution >= 0.6 is 0 Å². The molecule has 2 aliphatic rings. The third-order valence-electron chi connectivity index (χ3n) is 7.85. The number of likely N-dealkylation sites (tertiary alicyclic amines) is 1. The minimum atomic E-state index is 0.0915. The summed E-state index contributed by atoms with van der Waals surface area (Å²) < 4.78 is 2.35. The number of piperazine rings is 1. The maximum Gasteiger partial charge on any atom is 0.227 e. The smallest absolute Gasteiger partial charge is 0.227 e. The third kappa shape index (κ3) is 4.94. The van der Waals surface area contributed by atoms with Crippen LogP contribution in [-0.4, -0.2) is 64.5 Å². The molecule has 0 unspecified atom stereocenters. The van der Waals surface area contributed by atoms with Crippen LogP contribution < -0.4 is 4.90 Å². The third-order valence-corrected chi connectivity index (χ3v) is 7.85. The number of imidazole rings is 1. The largest absolute Gasteiger partial charge is 0.368 e. The van der Waals surface area contributed by atoms with Gasteiger partial charge in [0.15, 0.2) is 0 Å². The summed E-state index contributed by atoms with van der Waals surface area (Å²) in [6.45, 7) is 14.9. The van der Waals surface area contributed by atoms with Crippen LogP contribution in [0.3, 0.4) is 0 Å². The summed E-state index contributed by atoms with van der Waals surface area (Å²) in [5.41, 5.74) is 6.19. The van der Waals surface area contributed by atoms with Crippen molar-refractivity contribution in [3.63, 3.8) is 0 Å². The standard InChI is InChI=1S/C29H39N5O/c1-21(2)34-27-10-6-5-9-26(27)30-28(34)20-31-13-7-8-24(19-31)29(35)33-16-14-32(15-17-33)25-12-11-22(3)23(4)18-25/h5-6,9-12,18,21,24H,7-8,13-17,19-20H2,1-4H3/t24-/m1/s1. The van der Waals surface area contributed by atoms with Crippen LogP contribution in [-0.2, 0) is 11.3 Å². The van der Waals surface area contributed by atoms with E-state index in [-0.39, 0.29) is 5.92 Å². The van der Waals surface area contributed by atoms with E-state index in [2.05, 4.69) is 89.4 Å². The predicted molar refractivity (Wildman–Crippen MR) is 143 cm³/mol. The van der Waals surface area contributed by atoms with Crippen LogP contribution in [0.1, 0.15) is 49.7 Å². The highest BCUT2D eigenvalue weighted by atomic mass is 16.2. The van der Waals surface area contributed by atoms with E-state index in [0.717, 1.165) is 70.0 Å². The first kappa shape index (κ1) is 23.9. The van der Waals surface area contributed by atoms with E-state index in [9.17, 15) is 4.79 Å². The molecule has 186 valence electrons. The van der Waals surface area contributed by atoms with Gasteiger partial charge in [-0.25, -0.2) is 4.98 Å². The van der Waals surface area contributed by atoms with Crippen molar-refractivity contribution < 1.29 is 4.79 Å². The lowest BCUT2D eigenvalue weighted by Crippen LogP contribution is -2.52. The second-order valence-corrected chi connectivity index (χ2v) is 10.6. The Balaban J connectivity index is 1.21. The van der Waals surface area contributed by atoms with Crippen LogP contribution in [0.5, 0.6) is 0 Å². The van der Waals surface area contributed by atoms with E-state index in [1.165, 1.54) is 22.3 Å². The molecule has 0 saturated carbocycles. The van der Waals surface area contributed by atoms with Crippen molar-refractivity contribution in [1.82, 2.24) is 19.4 Å². The van der Waals surface area contributed by atoms with Gasteiger partial charge in [-0.05, 0) is 82.5 Å². The van der Waals surface area contributed by atoms with Crippen LogP contribution in [0.15, 0.2) is 42.5 Å². The first-order valence-corrected chi connectivity index (χ1v) is 13.2. The molecule has 6 heteroatoms. The van der Waals surface area contributed by atoms with Gasteiger partial charge in [0.2, 0.25) is 5.91 Å². The monoisotopic (exact) mass is 473 g/mol. The fourth-order valence-electron chi connectivity index (χ4n) is 5.75. The Morgan fingerprint density at radius 1 is 1.00 bits per heavy atom. The number of piperidine rings is 1. The van der Waals surface area contributed by atoms with E-state index in [1.807, 2.05) is 0 Å². The first-order chi connectivity index (χ1) is 16.9. The van der Waals surface area contributed by atoms with Crippen molar-refractivity contribution >= 4 is 22.6 Å². The molecule has 1 atom stereocenters. The molecule has 0 N–H and O–H groups in total. The lowest BCUT2D eigenvalue weighted by molar-refractivity contribution is -0.137. The number of hydrogen-bond acceptors (Lipinski definition) is 4. The molecule has 0 radical (unpaired) electrons. The average molecular weight is 474 g/mol. The Kier molecular flexibility index (Phi) is 6.83. The number of hydrogen-bond donors (Lipinski definition) is 0. The summed E-state index contributed by atoms with van der Waals surface area (Å²) in [5, 5.41) is 0. The molecule has 2 fully saturated rings. The van der Waals surface area contributed by atoms with Crippen LogP contribution in [0.25, 0.3) is 11.0 Å². The number of carbonyl (C=O) groups excluding carboxylic acids is 1. The Hall–Kier alpha value is -2.86. The number of aromatic nitrogens is 2. The van der Waals surface area contributed by atoms with Gasteiger partial charge in [0, 0.05) is 44.5 Å². The normalized spacial score (nSPS) is 19.6. The van der Waals surface area contributed by atoms with Crippen LogP contribution in [0.4, 0.5) is 5.69 Å². The SMILES string of the molecule is Cc1ccc(N2CCN(C(=O)[C@@H]3CCCN(Cc4nc5ccccc5n4C(C)C)C3)CC2)cc1C. The van der Waals surface area contributed by atoms with Gasteiger partial charge in [-0.2, -0.15) is 0 Å². The number of carbonyl (C=O) groups is 1. The molecule has 0 spiro atoms. The predicted octanol–water partition coefficient (Wildman–Crippen LogP) is 4.79. The summed E-state index contributed by atoms with van der Waals surface area (Å²) in [4.78, 5) is 25.4. The van der Waals surface area contributed by atoms with Crippen LogP contribution in [0.2, 0.25) is 0 Å². The van der Waals surface area contributed by atoms with Gasteiger partial charge in [-0.1, -0.05) is 18.2 Å². The van der Waals surface area contributed by atoms with Gasteiger partial charge in [-0.15, -0.1) is 0 Å². The maximum absolute atomic E-state index is 13.5. The first-order valence-electron chi connectivity index (χ1n) is 13.2. The number of para-hydroxylation sites is 2. The second-order valence-electron chi connectivity index (χ2n) is 10.6. The molecule has 2 aromatic carbocycles. The zero-order valence-corrected chi connectivity index (χ0v) is 21.7. The molecule has 3 aromatic rings. The number of aryl methyl sites for hydroxylation is 2. The molecule has 2 aliphatic heterocycles. The van der Waals surface area contributed by atoms with Gasteiger partial charge < -0.3 is 14.4 Å². The minimum absolute atomic E-state index is 0.0915. The zero-order chi connectivity index (χ0) is 24.5. The molecule has 3 heterocycles. The number of anilines is 1. The average Bonchev–Trinajstić information content (AvgIpc) is 3.23. The number of benzene rings is 2. The van der Waals surface area contributed by atoms with E-state index >= 15 is 0 Å². The molecule has 0 bridgehead atoms. The Bertz CT molecular complexity index is 1190. The van der Waals surface area contributed by atoms with Gasteiger partial charge in [-0.3, -0.25) is 9.69 Å². The topological polar surface area (TPSA) is 44.6 Å². The molecular formula is C29H39N5O. The Morgan fingerprint density at radius 3 is 2.51 bits per heavy atom. The van der Waals surface area contributed by atoms with Crippen molar-refractivity contribution in [2.75, 3.05) is 44.2 Å². The lowest BCUT2D eigenvalue weighted by atomic mass is 9.96. The fourth-order valence-corrected chi connectivity index (χ4v) is 5.75. The van der Waals surface area contributed by atoms with Gasteiger partial charge in [0.1, 0.15) is 5.82 Å². The van der Waals surface area contributed by atoms with Crippen LogP contribution in [0, 0.1) is 19.8 Å². The van der Waals surface area contributed by atoms with E-state index in [1.54, 1.807) is 0 Å². The van der Waals surface area contributed by atoms with E-state index in [4.69, 9.17) is 4.98 Å². The van der Waals surface area contributed by atoms with Gasteiger partial charge >= 0.3 is 0 Å². The van der Waals surface area contributed by atoms with Crippen molar-refractivity contribution in [1.29, 1.82) is 0 Å². The molecule has 5 rings (SSSR count). The van der Waals surface area contributed by atoms with E-state index < -0.39 is 0 Å². The Labute approximate surface area is 209 Å². The zero-order valence-electron chi connectivity index (χ0n) is 21.7. The molecular weight excluding hydrogens is 434 g/mol. The summed E-state index contributed by atoms with van der Waals surface area (Å²) in [7, 11) is 0. The fraction of sp³-hybridized carbons (Fsp3) is 0.517. The van der Waals surface area contributed by atoms with Gasteiger partial charge in [0.05, 0.1) is 23.5 Å². The molecule has 35 heavy (non-hydrogen) atoms. The number of nitrogens with zero attached hydrogens (tertiary/aromatic N) is 5. The van der Waals surface area contributed by atoms with Crippen molar-refractivity contribution in [3.05, 3.63) is 59.4 Å². The summed E-state index contributed by atoms with van der Waals surface area (Å²) in [6.07, 6.45) is 2.06. The highest BCUT2D eigenvalue weighted by Gasteiger charge is 2.32. The van der Waals surface area contributed by atoms with Crippen molar-refractivity contribution in [2.45, 2.75) is 53.1 Å². The van der Waals surface area contributed by atoms with E-state index in [0.29, 0.717) is 11.9 Å². The summed E-state index contributed by atoms with van der Waals surface area (Å²) in [5.74, 6) is 1.54. The maximum atomic E-state index is 13.5. The molecule has 1 amide bonds. The minimum Gasteiger partial charge on any atom is -0.368 e. The van der Waals surface area contributed by atoms with Crippen molar-refractivity contribution in [3.8, 4) is 0 Å².